The molecule has 0 fully saturated rings. The highest BCUT2D eigenvalue weighted by atomic mass is 35.5. The van der Waals surface area contributed by atoms with E-state index in [1.165, 1.54) is 0 Å². The van der Waals surface area contributed by atoms with E-state index in [1.807, 2.05) is 60.8 Å². The van der Waals surface area contributed by atoms with Gasteiger partial charge in [-0.2, -0.15) is 0 Å². The van der Waals surface area contributed by atoms with Crippen molar-refractivity contribution in [1.82, 2.24) is 14.7 Å². The maximum atomic E-state index is 12.7. The van der Waals surface area contributed by atoms with E-state index in [0.717, 1.165) is 22.5 Å². The van der Waals surface area contributed by atoms with Gasteiger partial charge < -0.3 is 5.32 Å². The number of nitrogens with zero attached hydrogens (tertiary/aromatic N) is 2. The molecule has 2 heterocycles. The van der Waals surface area contributed by atoms with Gasteiger partial charge in [-0.1, -0.05) is 36.7 Å². The Morgan fingerprint density at radius 1 is 1.26 bits per heavy atom. The van der Waals surface area contributed by atoms with E-state index in [0.29, 0.717) is 23.7 Å². The quantitative estimate of drug-likeness (QED) is 0.792. The number of aromatic nitrogens is 2. The van der Waals surface area contributed by atoms with Crippen molar-refractivity contribution in [2.75, 3.05) is 0 Å². The molecule has 1 amide bonds. The number of carbonyl (C=O) groups excluding carboxylic acids is 1. The number of fused-ring (bicyclic) bond motifs is 1. The second-order valence-corrected chi connectivity index (χ2v) is 5.89. The average Bonchev–Trinajstić information content (AvgIpc) is 2.94. The van der Waals surface area contributed by atoms with Gasteiger partial charge in [0, 0.05) is 17.8 Å². The first-order valence-corrected chi connectivity index (χ1v) is 7.97. The molecule has 3 aromatic rings. The number of amides is 1. The van der Waals surface area contributed by atoms with Gasteiger partial charge in [-0.05, 0) is 42.7 Å². The van der Waals surface area contributed by atoms with Gasteiger partial charge in [0.2, 0.25) is 0 Å². The number of pyridine rings is 1. The highest BCUT2D eigenvalue weighted by molar-refractivity contribution is 6.30. The molecule has 0 aliphatic heterocycles. The largest absolute Gasteiger partial charge is 0.347 e. The lowest BCUT2D eigenvalue weighted by molar-refractivity contribution is 0.0944. The van der Waals surface area contributed by atoms with Crippen LogP contribution in [0.4, 0.5) is 0 Å². The lowest BCUT2D eigenvalue weighted by Gasteiger charge is -2.07. The van der Waals surface area contributed by atoms with Crippen LogP contribution in [0.15, 0.2) is 42.6 Å². The number of halogens is 1. The molecular formula is C18H18ClN3O. The van der Waals surface area contributed by atoms with Gasteiger partial charge >= 0.3 is 0 Å². The summed E-state index contributed by atoms with van der Waals surface area (Å²) in [5.41, 5.74) is 4.32. The average molecular weight is 328 g/mol. The predicted octanol–water partition coefficient (Wildman–Crippen LogP) is 3.79. The van der Waals surface area contributed by atoms with Gasteiger partial charge in [-0.25, -0.2) is 4.98 Å². The van der Waals surface area contributed by atoms with Crippen molar-refractivity contribution in [3.8, 4) is 0 Å². The zero-order valence-corrected chi connectivity index (χ0v) is 13.9. The van der Waals surface area contributed by atoms with Crippen LogP contribution in [0.5, 0.6) is 0 Å². The van der Waals surface area contributed by atoms with Crippen LogP contribution < -0.4 is 5.32 Å². The number of carbonyl (C=O) groups is 1. The first kappa shape index (κ1) is 15.6. The Morgan fingerprint density at radius 2 is 2.00 bits per heavy atom. The highest BCUT2D eigenvalue weighted by Crippen LogP contribution is 2.17. The van der Waals surface area contributed by atoms with E-state index in [4.69, 9.17) is 11.6 Å². The Labute approximate surface area is 140 Å². The van der Waals surface area contributed by atoms with Crippen molar-refractivity contribution in [2.45, 2.75) is 26.8 Å². The van der Waals surface area contributed by atoms with Crippen molar-refractivity contribution in [3.63, 3.8) is 0 Å². The molecule has 0 aliphatic carbocycles. The molecule has 23 heavy (non-hydrogen) atoms. The topological polar surface area (TPSA) is 46.4 Å². The number of hydrogen-bond donors (Lipinski definition) is 1. The molecule has 0 saturated carbocycles. The Morgan fingerprint density at radius 3 is 2.70 bits per heavy atom. The number of aryl methyl sites for hydroxylation is 2. The molecule has 118 valence electrons. The summed E-state index contributed by atoms with van der Waals surface area (Å²) in [6.07, 6.45) is 2.59. The van der Waals surface area contributed by atoms with E-state index >= 15 is 0 Å². The van der Waals surface area contributed by atoms with Crippen LogP contribution in [0, 0.1) is 6.92 Å². The minimum absolute atomic E-state index is 0.116. The fraction of sp³-hybridized carbons (Fsp3) is 0.222. The highest BCUT2D eigenvalue weighted by Gasteiger charge is 2.18. The summed E-state index contributed by atoms with van der Waals surface area (Å²) in [6, 6.07) is 11.4. The van der Waals surface area contributed by atoms with Crippen LogP contribution >= 0.6 is 11.6 Å². The van der Waals surface area contributed by atoms with Crippen LogP contribution in [-0.4, -0.2) is 15.3 Å². The lowest BCUT2D eigenvalue weighted by atomic mass is 10.2. The third-order valence-electron chi connectivity index (χ3n) is 3.83. The SMILES string of the molecule is CCc1nc2c(C)cccn2c1C(=O)NCc1ccc(Cl)cc1. The van der Waals surface area contributed by atoms with Crippen LogP contribution in [0.2, 0.25) is 5.02 Å². The Hall–Kier alpha value is -2.33. The molecule has 0 unspecified atom stereocenters. The normalized spacial score (nSPS) is 10.9. The molecule has 5 heteroatoms. The molecule has 0 spiro atoms. The van der Waals surface area contributed by atoms with Crippen molar-refractivity contribution >= 4 is 23.2 Å². The van der Waals surface area contributed by atoms with E-state index in [1.54, 1.807) is 0 Å². The van der Waals surface area contributed by atoms with Gasteiger partial charge in [-0.15, -0.1) is 0 Å². The van der Waals surface area contributed by atoms with Crippen LogP contribution in [-0.2, 0) is 13.0 Å². The molecular weight excluding hydrogens is 310 g/mol. The third-order valence-corrected chi connectivity index (χ3v) is 4.09. The molecule has 3 rings (SSSR count). The van der Waals surface area contributed by atoms with Crippen LogP contribution in [0.3, 0.4) is 0 Å². The molecule has 2 aromatic heterocycles. The molecule has 0 atom stereocenters. The standard InChI is InChI=1S/C18H18ClN3O/c1-3-15-16(22-10-4-5-12(2)17(22)21-15)18(23)20-11-13-6-8-14(19)9-7-13/h4-10H,3,11H2,1-2H3,(H,20,23). The first-order valence-electron chi connectivity index (χ1n) is 7.59. The Balaban J connectivity index is 1.88. The molecule has 0 saturated heterocycles. The Bertz CT molecular complexity index is 853. The number of imidazole rings is 1. The van der Waals surface area contributed by atoms with Crippen molar-refractivity contribution in [1.29, 1.82) is 0 Å². The number of nitrogens with one attached hydrogen (secondary N) is 1. The van der Waals surface area contributed by atoms with Gasteiger partial charge in [-0.3, -0.25) is 9.20 Å². The van der Waals surface area contributed by atoms with E-state index in [2.05, 4.69) is 10.3 Å². The van der Waals surface area contributed by atoms with Crippen molar-refractivity contribution in [2.24, 2.45) is 0 Å². The minimum Gasteiger partial charge on any atom is -0.347 e. The lowest BCUT2D eigenvalue weighted by Crippen LogP contribution is -2.25. The number of benzene rings is 1. The first-order chi connectivity index (χ1) is 11.1. The fourth-order valence-electron chi connectivity index (χ4n) is 2.61. The molecule has 0 radical (unpaired) electrons. The van der Waals surface area contributed by atoms with Crippen LogP contribution in [0.25, 0.3) is 5.65 Å². The van der Waals surface area contributed by atoms with Gasteiger partial charge in [0.1, 0.15) is 11.3 Å². The van der Waals surface area contributed by atoms with Crippen molar-refractivity contribution in [3.05, 3.63) is 70.1 Å². The summed E-state index contributed by atoms with van der Waals surface area (Å²) in [5, 5.41) is 3.65. The van der Waals surface area contributed by atoms with Crippen molar-refractivity contribution < 1.29 is 4.79 Å². The maximum Gasteiger partial charge on any atom is 0.270 e. The summed E-state index contributed by atoms with van der Waals surface area (Å²) in [7, 11) is 0. The second kappa shape index (κ2) is 6.42. The van der Waals surface area contributed by atoms with E-state index in [-0.39, 0.29) is 5.91 Å². The molecule has 1 N–H and O–H groups in total. The van der Waals surface area contributed by atoms with Gasteiger partial charge in [0.15, 0.2) is 0 Å². The number of rotatable bonds is 4. The fourth-order valence-corrected chi connectivity index (χ4v) is 2.73. The number of hydrogen-bond acceptors (Lipinski definition) is 2. The summed E-state index contributed by atoms with van der Waals surface area (Å²) >= 11 is 5.88. The monoisotopic (exact) mass is 327 g/mol. The van der Waals surface area contributed by atoms with E-state index < -0.39 is 0 Å². The smallest absolute Gasteiger partial charge is 0.270 e. The van der Waals surface area contributed by atoms with E-state index in [9.17, 15) is 4.79 Å². The van der Waals surface area contributed by atoms with Gasteiger partial charge in [0.25, 0.3) is 5.91 Å². The zero-order chi connectivity index (χ0) is 16.4. The molecule has 4 nitrogen and oxygen atoms in total. The predicted molar refractivity (Wildman–Crippen MR) is 91.9 cm³/mol. The minimum atomic E-state index is -0.116. The third kappa shape index (κ3) is 3.08. The van der Waals surface area contributed by atoms with Gasteiger partial charge in [0.05, 0.1) is 5.69 Å². The maximum absolute atomic E-state index is 12.7. The summed E-state index contributed by atoms with van der Waals surface area (Å²) in [6.45, 7) is 4.46. The summed E-state index contributed by atoms with van der Waals surface area (Å²) < 4.78 is 1.87. The zero-order valence-electron chi connectivity index (χ0n) is 13.1. The molecule has 1 aromatic carbocycles. The summed E-state index contributed by atoms with van der Waals surface area (Å²) in [5.74, 6) is -0.116. The molecule has 0 aliphatic rings. The second-order valence-electron chi connectivity index (χ2n) is 5.45. The molecule has 0 bridgehead atoms. The Kier molecular flexibility index (Phi) is 4.35. The summed E-state index contributed by atoms with van der Waals surface area (Å²) in [4.78, 5) is 17.3. The van der Waals surface area contributed by atoms with Crippen LogP contribution in [0.1, 0.15) is 34.2 Å².